The standard InChI is InChI=1S/C20H27N3O.2ClH/c1-15(2)23(3)14-18-6-4-5-17(11-18)13-22-20(24)12-16-7-9-19(21)10-8-16;;/h4-11,15H,12-14,21H2,1-3H3,(H,22,24);2*1H. The second-order valence-corrected chi connectivity index (χ2v) is 6.52. The van der Waals surface area contributed by atoms with E-state index in [2.05, 4.69) is 43.2 Å². The van der Waals surface area contributed by atoms with E-state index < -0.39 is 0 Å². The van der Waals surface area contributed by atoms with Gasteiger partial charge in [-0.25, -0.2) is 0 Å². The van der Waals surface area contributed by atoms with Crippen LogP contribution in [0, 0.1) is 0 Å². The first-order chi connectivity index (χ1) is 11.4. The normalized spacial score (nSPS) is 10.2. The van der Waals surface area contributed by atoms with Crippen molar-refractivity contribution in [3.8, 4) is 0 Å². The van der Waals surface area contributed by atoms with Crippen molar-refractivity contribution in [2.75, 3.05) is 12.8 Å². The molecular weight excluding hydrogens is 369 g/mol. The van der Waals surface area contributed by atoms with Crippen LogP contribution in [0.1, 0.15) is 30.5 Å². The second kappa shape index (κ2) is 11.8. The van der Waals surface area contributed by atoms with Gasteiger partial charge in [-0.05, 0) is 49.7 Å². The number of carbonyl (C=O) groups is 1. The van der Waals surface area contributed by atoms with Crippen LogP contribution < -0.4 is 11.1 Å². The van der Waals surface area contributed by atoms with Crippen LogP contribution >= 0.6 is 24.8 Å². The van der Waals surface area contributed by atoms with E-state index in [1.807, 2.05) is 36.4 Å². The summed E-state index contributed by atoms with van der Waals surface area (Å²) in [5.74, 6) is 0.0180. The molecule has 0 spiro atoms. The Morgan fingerprint density at radius 3 is 2.27 bits per heavy atom. The van der Waals surface area contributed by atoms with Gasteiger partial charge in [0.25, 0.3) is 0 Å². The van der Waals surface area contributed by atoms with Gasteiger partial charge >= 0.3 is 0 Å². The molecular formula is C20H29Cl2N3O. The molecule has 0 saturated heterocycles. The maximum Gasteiger partial charge on any atom is 0.224 e. The highest BCUT2D eigenvalue weighted by Crippen LogP contribution is 2.10. The Morgan fingerprint density at radius 1 is 1.04 bits per heavy atom. The van der Waals surface area contributed by atoms with Crippen LogP contribution in [0.15, 0.2) is 48.5 Å². The first-order valence-electron chi connectivity index (χ1n) is 8.33. The molecule has 4 nitrogen and oxygen atoms in total. The first kappa shape index (κ1) is 24.2. The molecule has 0 aromatic heterocycles. The van der Waals surface area contributed by atoms with Crippen molar-refractivity contribution in [2.24, 2.45) is 0 Å². The highest BCUT2D eigenvalue weighted by Gasteiger charge is 2.06. The van der Waals surface area contributed by atoms with E-state index in [1.54, 1.807) is 0 Å². The molecule has 0 heterocycles. The summed E-state index contributed by atoms with van der Waals surface area (Å²) >= 11 is 0. The molecule has 2 aromatic carbocycles. The van der Waals surface area contributed by atoms with Gasteiger partial charge in [-0.3, -0.25) is 9.69 Å². The number of halogens is 2. The zero-order valence-electron chi connectivity index (χ0n) is 15.6. The van der Waals surface area contributed by atoms with Gasteiger partial charge < -0.3 is 11.1 Å². The quantitative estimate of drug-likeness (QED) is 0.698. The lowest BCUT2D eigenvalue weighted by Gasteiger charge is -2.21. The van der Waals surface area contributed by atoms with Crippen molar-refractivity contribution >= 4 is 36.4 Å². The predicted molar refractivity (Wildman–Crippen MR) is 114 cm³/mol. The second-order valence-electron chi connectivity index (χ2n) is 6.52. The van der Waals surface area contributed by atoms with E-state index in [4.69, 9.17) is 5.73 Å². The number of carbonyl (C=O) groups excluding carboxylic acids is 1. The van der Waals surface area contributed by atoms with Crippen LogP contribution in [-0.4, -0.2) is 23.9 Å². The molecule has 144 valence electrons. The molecule has 0 unspecified atom stereocenters. The maximum atomic E-state index is 12.1. The third kappa shape index (κ3) is 8.09. The Balaban J connectivity index is 0.00000312. The average Bonchev–Trinajstić information content (AvgIpc) is 2.55. The number of nitrogens with zero attached hydrogens (tertiary/aromatic N) is 1. The lowest BCUT2D eigenvalue weighted by molar-refractivity contribution is -0.120. The van der Waals surface area contributed by atoms with Crippen molar-refractivity contribution < 1.29 is 4.79 Å². The van der Waals surface area contributed by atoms with E-state index in [1.165, 1.54) is 5.56 Å². The topological polar surface area (TPSA) is 58.4 Å². The Hall–Kier alpha value is -1.75. The molecule has 2 aromatic rings. The van der Waals surface area contributed by atoms with Crippen LogP contribution in [-0.2, 0) is 24.3 Å². The summed E-state index contributed by atoms with van der Waals surface area (Å²) in [6, 6.07) is 16.3. The molecule has 0 aliphatic heterocycles. The highest BCUT2D eigenvalue weighted by molar-refractivity contribution is 5.85. The molecule has 2 rings (SSSR count). The molecule has 26 heavy (non-hydrogen) atoms. The largest absolute Gasteiger partial charge is 0.399 e. The lowest BCUT2D eigenvalue weighted by Crippen LogP contribution is -2.26. The average molecular weight is 398 g/mol. The fourth-order valence-electron chi connectivity index (χ4n) is 2.39. The van der Waals surface area contributed by atoms with Crippen LogP contribution in [0.5, 0.6) is 0 Å². The molecule has 0 saturated carbocycles. The Morgan fingerprint density at radius 2 is 1.65 bits per heavy atom. The smallest absolute Gasteiger partial charge is 0.224 e. The van der Waals surface area contributed by atoms with Gasteiger partial charge in [0.05, 0.1) is 6.42 Å². The van der Waals surface area contributed by atoms with Crippen LogP contribution in [0.3, 0.4) is 0 Å². The van der Waals surface area contributed by atoms with Gasteiger partial charge in [-0.2, -0.15) is 0 Å². The van der Waals surface area contributed by atoms with E-state index in [0.717, 1.165) is 17.7 Å². The van der Waals surface area contributed by atoms with Gasteiger partial charge in [0.1, 0.15) is 0 Å². The Bertz CT molecular complexity index is 675. The summed E-state index contributed by atoms with van der Waals surface area (Å²) in [6.07, 6.45) is 0.371. The third-order valence-electron chi connectivity index (χ3n) is 4.14. The number of anilines is 1. The molecule has 3 N–H and O–H groups in total. The minimum absolute atomic E-state index is 0. The van der Waals surface area contributed by atoms with Crippen molar-refractivity contribution in [2.45, 2.75) is 39.4 Å². The van der Waals surface area contributed by atoms with Gasteiger partial charge in [0, 0.05) is 24.8 Å². The number of hydrogen-bond acceptors (Lipinski definition) is 3. The van der Waals surface area contributed by atoms with Crippen molar-refractivity contribution in [1.82, 2.24) is 10.2 Å². The minimum atomic E-state index is 0. The summed E-state index contributed by atoms with van der Waals surface area (Å²) in [6.45, 7) is 5.82. The molecule has 0 atom stereocenters. The number of hydrogen-bond donors (Lipinski definition) is 2. The van der Waals surface area contributed by atoms with Crippen LogP contribution in [0.4, 0.5) is 5.69 Å². The summed E-state index contributed by atoms with van der Waals surface area (Å²) in [5.41, 5.74) is 9.71. The Labute approximate surface area is 169 Å². The van der Waals surface area contributed by atoms with Gasteiger partial charge in [-0.15, -0.1) is 24.8 Å². The molecule has 6 heteroatoms. The van der Waals surface area contributed by atoms with E-state index in [0.29, 0.717) is 24.7 Å². The fraction of sp³-hybridized carbons (Fsp3) is 0.350. The van der Waals surface area contributed by atoms with Crippen molar-refractivity contribution in [3.63, 3.8) is 0 Å². The minimum Gasteiger partial charge on any atom is -0.399 e. The molecule has 0 aliphatic carbocycles. The number of rotatable bonds is 7. The van der Waals surface area contributed by atoms with Crippen molar-refractivity contribution in [3.05, 3.63) is 65.2 Å². The fourth-order valence-corrected chi connectivity index (χ4v) is 2.39. The van der Waals surface area contributed by atoms with Gasteiger partial charge in [-0.1, -0.05) is 36.4 Å². The van der Waals surface area contributed by atoms with E-state index >= 15 is 0 Å². The SMILES string of the molecule is CC(C)N(C)Cc1cccc(CNC(=O)Cc2ccc(N)cc2)c1.Cl.Cl. The van der Waals surface area contributed by atoms with Crippen LogP contribution in [0.25, 0.3) is 0 Å². The number of amides is 1. The summed E-state index contributed by atoms with van der Waals surface area (Å²) in [7, 11) is 2.12. The van der Waals surface area contributed by atoms with Gasteiger partial charge in [0.15, 0.2) is 0 Å². The number of benzene rings is 2. The maximum absolute atomic E-state index is 12.1. The summed E-state index contributed by atoms with van der Waals surface area (Å²) in [5, 5.41) is 2.98. The van der Waals surface area contributed by atoms with Gasteiger partial charge in [0.2, 0.25) is 5.91 Å². The molecule has 0 fully saturated rings. The van der Waals surface area contributed by atoms with Crippen molar-refractivity contribution in [1.29, 1.82) is 0 Å². The number of nitrogens with one attached hydrogen (secondary N) is 1. The highest BCUT2D eigenvalue weighted by atomic mass is 35.5. The van der Waals surface area contributed by atoms with E-state index in [-0.39, 0.29) is 30.7 Å². The first-order valence-corrected chi connectivity index (χ1v) is 8.33. The third-order valence-corrected chi connectivity index (χ3v) is 4.14. The Kier molecular flexibility index (Phi) is 11.0. The number of nitrogens with two attached hydrogens (primary N) is 1. The molecule has 1 amide bonds. The number of nitrogen functional groups attached to an aromatic ring is 1. The molecule has 0 bridgehead atoms. The zero-order valence-corrected chi connectivity index (χ0v) is 17.2. The summed E-state index contributed by atoms with van der Waals surface area (Å²) < 4.78 is 0. The van der Waals surface area contributed by atoms with Crippen LogP contribution in [0.2, 0.25) is 0 Å². The zero-order chi connectivity index (χ0) is 17.5. The summed E-state index contributed by atoms with van der Waals surface area (Å²) in [4.78, 5) is 14.4. The predicted octanol–water partition coefficient (Wildman–Crippen LogP) is 3.81. The lowest BCUT2D eigenvalue weighted by atomic mass is 10.1. The molecule has 0 aliphatic rings. The molecule has 0 radical (unpaired) electrons. The van der Waals surface area contributed by atoms with E-state index in [9.17, 15) is 4.79 Å². The monoisotopic (exact) mass is 397 g/mol.